The fourth-order valence-electron chi connectivity index (χ4n) is 3.73. The first kappa shape index (κ1) is 21.9. The van der Waals surface area contributed by atoms with Crippen LogP contribution in [0.4, 0.5) is 0 Å². The number of aliphatic hydroxyl groups is 1. The van der Waals surface area contributed by atoms with Gasteiger partial charge in [-0.15, -0.1) is 0 Å². The quantitative estimate of drug-likeness (QED) is 0.446. The Balaban J connectivity index is 1.71. The number of nitrogens with zero attached hydrogens (tertiary/aromatic N) is 3. The second-order valence-electron chi connectivity index (χ2n) is 8.38. The zero-order valence-corrected chi connectivity index (χ0v) is 18.9. The van der Waals surface area contributed by atoms with Crippen LogP contribution in [0.5, 0.6) is 11.6 Å². The number of aliphatic hydroxyl groups excluding tert-OH is 1. The van der Waals surface area contributed by atoms with Crippen LogP contribution >= 0.6 is 11.6 Å². The summed E-state index contributed by atoms with van der Waals surface area (Å²) in [5, 5.41) is 15.8. The van der Waals surface area contributed by atoms with Crippen molar-refractivity contribution in [2.45, 2.75) is 45.8 Å². The van der Waals surface area contributed by atoms with Crippen LogP contribution in [0, 0.1) is 12.8 Å². The number of hydrogen-bond acceptors (Lipinski definition) is 4. The summed E-state index contributed by atoms with van der Waals surface area (Å²) in [5.74, 6) is 2.18. The number of hydrogen-bond donors (Lipinski definition) is 1. The highest BCUT2D eigenvalue weighted by Gasteiger charge is 2.28. The van der Waals surface area contributed by atoms with Crippen molar-refractivity contribution in [1.82, 2.24) is 14.7 Å². The minimum Gasteiger partial charge on any atom is -0.439 e. The van der Waals surface area contributed by atoms with Gasteiger partial charge in [0.2, 0.25) is 5.88 Å². The molecule has 0 spiro atoms. The molecule has 3 aromatic rings. The Kier molecular flexibility index (Phi) is 6.96. The second kappa shape index (κ2) is 9.86. The fraction of sp³-hybridized carbons (Fsp3) is 0.400. The number of benzene rings is 2. The van der Waals surface area contributed by atoms with Gasteiger partial charge in [-0.05, 0) is 62.4 Å². The third-order valence-corrected chi connectivity index (χ3v) is 5.92. The first-order valence-electron chi connectivity index (χ1n) is 11.0. The maximum absolute atomic E-state index is 10.3. The van der Waals surface area contributed by atoms with E-state index < -0.39 is 0 Å². The van der Waals surface area contributed by atoms with Crippen molar-refractivity contribution < 1.29 is 9.84 Å². The average Bonchev–Trinajstić information content (AvgIpc) is 3.53. The van der Waals surface area contributed by atoms with Crippen LogP contribution in [0.1, 0.15) is 37.4 Å². The molecule has 0 saturated heterocycles. The molecule has 1 aromatic heterocycles. The number of aromatic nitrogens is 2. The molecule has 1 heterocycles. The predicted octanol–water partition coefficient (Wildman–Crippen LogP) is 5.61. The number of aryl methyl sites for hydroxylation is 1. The van der Waals surface area contributed by atoms with E-state index in [2.05, 4.69) is 4.90 Å². The number of rotatable bonds is 10. The first-order chi connectivity index (χ1) is 15.0. The molecule has 1 fully saturated rings. The lowest BCUT2D eigenvalue weighted by Crippen LogP contribution is -2.33. The Morgan fingerprint density at radius 3 is 2.65 bits per heavy atom. The maximum Gasteiger partial charge on any atom is 0.227 e. The Bertz CT molecular complexity index is 1000. The normalized spacial score (nSPS) is 14.7. The average molecular weight is 440 g/mol. The highest BCUT2D eigenvalue weighted by molar-refractivity contribution is 6.30. The fourth-order valence-corrected chi connectivity index (χ4v) is 3.91. The van der Waals surface area contributed by atoms with Crippen LogP contribution in [0.15, 0.2) is 54.6 Å². The van der Waals surface area contributed by atoms with E-state index >= 15 is 0 Å². The minimum absolute atomic E-state index is 0.333. The molecule has 164 valence electrons. The van der Waals surface area contributed by atoms with Gasteiger partial charge >= 0.3 is 0 Å². The largest absolute Gasteiger partial charge is 0.439 e. The van der Waals surface area contributed by atoms with Gasteiger partial charge in [-0.1, -0.05) is 42.8 Å². The molecule has 0 radical (unpaired) electrons. The molecule has 2 aromatic carbocycles. The third kappa shape index (κ3) is 5.67. The van der Waals surface area contributed by atoms with Gasteiger partial charge in [0.15, 0.2) is 0 Å². The zero-order valence-electron chi connectivity index (χ0n) is 18.2. The molecule has 1 aliphatic rings. The van der Waals surface area contributed by atoms with E-state index in [0.29, 0.717) is 24.0 Å². The van der Waals surface area contributed by atoms with Crippen LogP contribution in [0.2, 0.25) is 5.02 Å². The summed E-state index contributed by atoms with van der Waals surface area (Å²) in [6, 6.07) is 17.4. The summed E-state index contributed by atoms with van der Waals surface area (Å²) in [4.78, 5) is 2.34. The summed E-state index contributed by atoms with van der Waals surface area (Å²) in [6.07, 6.45) is 2.95. The van der Waals surface area contributed by atoms with Crippen molar-refractivity contribution in [3.63, 3.8) is 0 Å². The van der Waals surface area contributed by atoms with Crippen molar-refractivity contribution >= 4 is 11.6 Å². The van der Waals surface area contributed by atoms with E-state index in [1.54, 1.807) is 0 Å². The molecule has 1 saturated carbocycles. The van der Waals surface area contributed by atoms with E-state index in [1.807, 2.05) is 73.1 Å². The molecule has 0 aliphatic heterocycles. The monoisotopic (exact) mass is 439 g/mol. The molecular formula is C25H30ClN3O2. The van der Waals surface area contributed by atoms with Gasteiger partial charge in [0, 0.05) is 24.7 Å². The maximum atomic E-state index is 10.3. The van der Waals surface area contributed by atoms with Crippen molar-refractivity contribution in [1.29, 1.82) is 0 Å². The molecular weight excluding hydrogens is 410 g/mol. The molecule has 0 unspecified atom stereocenters. The molecule has 4 rings (SSSR count). The van der Waals surface area contributed by atoms with E-state index in [0.717, 1.165) is 41.6 Å². The number of ether oxygens (including phenoxy) is 1. The molecule has 1 aliphatic carbocycles. The van der Waals surface area contributed by atoms with Gasteiger partial charge in [0.05, 0.1) is 23.0 Å². The van der Waals surface area contributed by atoms with Crippen molar-refractivity contribution in [2.24, 2.45) is 5.92 Å². The lowest BCUT2D eigenvalue weighted by Gasteiger charge is -2.25. The van der Waals surface area contributed by atoms with Crippen LogP contribution in [0.25, 0.3) is 5.69 Å². The number of halogens is 1. The molecule has 5 nitrogen and oxygen atoms in total. The molecule has 6 heteroatoms. The highest BCUT2D eigenvalue weighted by Crippen LogP contribution is 2.34. The molecule has 0 bridgehead atoms. The lowest BCUT2D eigenvalue weighted by atomic mass is 10.2. The topological polar surface area (TPSA) is 50.5 Å². The van der Waals surface area contributed by atoms with Crippen molar-refractivity contribution in [3.05, 3.63) is 70.9 Å². The molecule has 0 amide bonds. The van der Waals surface area contributed by atoms with Crippen molar-refractivity contribution in [2.75, 3.05) is 13.1 Å². The van der Waals surface area contributed by atoms with E-state index in [4.69, 9.17) is 21.4 Å². The summed E-state index contributed by atoms with van der Waals surface area (Å²) in [5.41, 5.74) is 2.81. The zero-order chi connectivity index (χ0) is 21.8. The van der Waals surface area contributed by atoms with Crippen LogP contribution in [-0.2, 0) is 6.54 Å². The summed E-state index contributed by atoms with van der Waals surface area (Å²) >= 11 is 6.26. The minimum atomic E-state index is -0.333. The van der Waals surface area contributed by atoms with Gasteiger partial charge < -0.3 is 9.84 Å². The Labute approximate surface area is 189 Å². The van der Waals surface area contributed by atoms with Crippen molar-refractivity contribution in [3.8, 4) is 17.3 Å². The van der Waals surface area contributed by atoms with Crippen LogP contribution in [-0.4, -0.2) is 39.0 Å². The summed E-state index contributed by atoms with van der Waals surface area (Å²) in [6.45, 7) is 6.36. The van der Waals surface area contributed by atoms with E-state index in [1.165, 1.54) is 12.8 Å². The number of para-hydroxylation sites is 1. The highest BCUT2D eigenvalue weighted by atomic mass is 35.5. The van der Waals surface area contributed by atoms with Crippen LogP contribution < -0.4 is 4.74 Å². The van der Waals surface area contributed by atoms with Crippen LogP contribution in [0.3, 0.4) is 0 Å². The predicted molar refractivity (Wildman–Crippen MR) is 124 cm³/mol. The standard InChI is InChI=1S/C25H30ClN3O2/c1-3-22(30)16-28(15-19-12-13-19)17-24-18(2)27-29(21-9-7-8-20(26)14-21)25(24)31-23-10-5-4-6-11-23/h4-11,14,19,22,30H,3,12-13,15-17H2,1-2H3/t22-/m1/s1. The van der Waals surface area contributed by atoms with Gasteiger partial charge in [-0.2, -0.15) is 5.10 Å². The first-order valence-corrected chi connectivity index (χ1v) is 11.4. The molecule has 31 heavy (non-hydrogen) atoms. The molecule has 1 atom stereocenters. The third-order valence-electron chi connectivity index (χ3n) is 5.68. The lowest BCUT2D eigenvalue weighted by molar-refractivity contribution is 0.102. The summed E-state index contributed by atoms with van der Waals surface area (Å²) < 4.78 is 8.21. The second-order valence-corrected chi connectivity index (χ2v) is 8.81. The van der Waals surface area contributed by atoms with E-state index in [-0.39, 0.29) is 6.10 Å². The Morgan fingerprint density at radius 1 is 1.19 bits per heavy atom. The Hall–Kier alpha value is -2.34. The van der Waals surface area contributed by atoms with E-state index in [9.17, 15) is 5.11 Å². The smallest absolute Gasteiger partial charge is 0.227 e. The Morgan fingerprint density at radius 2 is 1.97 bits per heavy atom. The van der Waals surface area contributed by atoms with Gasteiger partial charge in [0.1, 0.15) is 5.75 Å². The van der Waals surface area contributed by atoms with Gasteiger partial charge in [-0.25, -0.2) is 4.68 Å². The van der Waals surface area contributed by atoms with Gasteiger partial charge in [-0.3, -0.25) is 4.90 Å². The summed E-state index contributed by atoms with van der Waals surface area (Å²) in [7, 11) is 0. The van der Waals surface area contributed by atoms with Gasteiger partial charge in [0.25, 0.3) is 0 Å². The SMILES string of the molecule is CC[C@@H](O)CN(Cc1c(C)nn(-c2cccc(Cl)c2)c1Oc1ccccc1)CC1CC1. The molecule has 1 N–H and O–H groups in total.